The van der Waals surface area contributed by atoms with Crippen LogP contribution in [0.3, 0.4) is 0 Å². The molecular formula is C20H21NO3. The Bertz CT molecular complexity index is 834. The summed E-state index contributed by atoms with van der Waals surface area (Å²) in [5, 5.41) is 3.92. The third-order valence-electron chi connectivity index (χ3n) is 3.93. The lowest BCUT2D eigenvalue weighted by molar-refractivity contribution is -0.115. The predicted octanol–water partition coefficient (Wildman–Crippen LogP) is 4.58. The van der Waals surface area contributed by atoms with Gasteiger partial charge in [-0.1, -0.05) is 13.0 Å². The van der Waals surface area contributed by atoms with Crippen LogP contribution in [-0.4, -0.2) is 12.5 Å². The molecule has 0 aliphatic carbocycles. The zero-order chi connectivity index (χ0) is 16.9. The molecule has 1 amide bonds. The van der Waals surface area contributed by atoms with Crippen molar-refractivity contribution >= 4 is 22.6 Å². The summed E-state index contributed by atoms with van der Waals surface area (Å²) in [6.07, 6.45) is 2.91. The number of fused-ring (bicyclic) bond motifs is 1. The van der Waals surface area contributed by atoms with Gasteiger partial charge in [0.15, 0.2) is 0 Å². The number of hydrogen-bond acceptors (Lipinski definition) is 3. The molecule has 0 fully saturated rings. The van der Waals surface area contributed by atoms with Crippen LogP contribution < -0.4 is 10.1 Å². The Morgan fingerprint density at radius 1 is 1.12 bits per heavy atom. The van der Waals surface area contributed by atoms with Gasteiger partial charge in [0.05, 0.1) is 19.3 Å². The van der Waals surface area contributed by atoms with E-state index in [1.54, 1.807) is 6.26 Å². The van der Waals surface area contributed by atoms with Gasteiger partial charge in [0.1, 0.15) is 11.3 Å². The molecular weight excluding hydrogens is 302 g/mol. The van der Waals surface area contributed by atoms with Crippen LogP contribution in [0.5, 0.6) is 5.75 Å². The molecule has 1 heterocycles. The van der Waals surface area contributed by atoms with Gasteiger partial charge >= 0.3 is 0 Å². The highest BCUT2D eigenvalue weighted by molar-refractivity contribution is 5.95. The van der Waals surface area contributed by atoms with Crippen molar-refractivity contribution in [2.75, 3.05) is 11.9 Å². The Kier molecular flexibility index (Phi) is 4.85. The fourth-order valence-corrected chi connectivity index (χ4v) is 2.67. The zero-order valence-corrected chi connectivity index (χ0v) is 14.0. The van der Waals surface area contributed by atoms with Gasteiger partial charge in [0.2, 0.25) is 5.91 Å². The number of furan rings is 1. The molecule has 0 saturated heterocycles. The summed E-state index contributed by atoms with van der Waals surface area (Å²) in [5.74, 6) is 0.729. The van der Waals surface area contributed by atoms with Crippen LogP contribution >= 0.6 is 0 Å². The number of amides is 1. The van der Waals surface area contributed by atoms with Crippen molar-refractivity contribution in [3.63, 3.8) is 0 Å². The summed E-state index contributed by atoms with van der Waals surface area (Å²) in [7, 11) is 0. The average molecular weight is 323 g/mol. The Morgan fingerprint density at radius 3 is 2.62 bits per heavy atom. The lowest BCUT2D eigenvalue weighted by atomic mass is 10.1. The number of aryl methyl sites for hydroxylation is 1. The van der Waals surface area contributed by atoms with Gasteiger partial charge in [0, 0.05) is 16.6 Å². The first-order valence-electron chi connectivity index (χ1n) is 8.21. The van der Waals surface area contributed by atoms with Crippen molar-refractivity contribution < 1.29 is 13.9 Å². The van der Waals surface area contributed by atoms with Crippen LogP contribution in [-0.2, 0) is 17.6 Å². The highest BCUT2D eigenvalue weighted by Gasteiger charge is 2.11. The van der Waals surface area contributed by atoms with E-state index >= 15 is 0 Å². The molecule has 0 unspecified atom stereocenters. The maximum absolute atomic E-state index is 12.3. The minimum atomic E-state index is -0.0660. The number of carbonyl (C=O) groups excluding carboxylic acids is 1. The van der Waals surface area contributed by atoms with E-state index in [4.69, 9.17) is 9.15 Å². The van der Waals surface area contributed by atoms with Gasteiger partial charge < -0.3 is 14.5 Å². The fourth-order valence-electron chi connectivity index (χ4n) is 2.67. The van der Waals surface area contributed by atoms with E-state index in [-0.39, 0.29) is 12.3 Å². The van der Waals surface area contributed by atoms with Crippen molar-refractivity contribution in [2.45, 2.75) is 26.7 Å². The first kappa shape index (κ1) is 16.1. The van der Waals surface area contributed by atoms with Gasteiger partial charge in [0.25, 0.3) is 0 Å². The molecule has 0 atom stereocenters. The average Bonchev–Trinajstić information content (AvgIpc) is 2.99. The summed E-state index contributed by atoms with van der Waals surface area (Å²) in [6, 6.07) is 13.5. The SMILES string of the molecule is CCOc1ccc(NC(=O)Cc2coc3ccc(CC)cc23)cc1. The van der Waals surface area contributed by atoms with Crippen molar-refractivity contribution in [2.24, 2.45) is 0 Å². The van der Waals surface area contributed by atoms with Gasteiger partial charge in [-0.25, -0.2) is 0 Å². The van der Waals surface area contributed by atoms with E-state index in [9.17, 15) is 4.79 Å². The fraction of sp³-hybridized carbons (Fsp3) is 0.250. The monoisotopic (exact) mass is 323 g/mol. The molecule has 0 saturated carbocycles. The molecule has 124 valence electrons. The van der Waals surface area contributed by atoms with Crippen LogP contribution in [0.15, 0.2) is 53.1 Å². The van der Waals surface area contributed by atoms with E-state index in [0.717, 1.165) is 34.4 Å². The van der Waals surface area contributed by atoms with E-state index in [1.165, 1.54) is 5.56 Å². The van der Waals surface area contributed by atoms with E-state index in [2.05, 4.69) is 24.4 Å². The number of carbonyl (C=O) groups is 1. The highest BCUT2D eigenvalue weighted by atomic mass is 16.5. The zero-order valence-electron chi connectivity index (χ0n) is 14.0. The summed E-state index contributed by atoms with van der Waals surface area (Å²) in [6.45, 7) is 4.67. The number of nitrogens with one attached hydrogen (secondary N) is 1. The maximum atomic E-state index is 12.3. The van der Waals surface area contributed by atoms with Gasteiger partial charge in [-0.15, -0.1) is 0 Å². The van der Waals surface area contributed by atoms with Crippen LogP contribution in [0.1, 0.15) is 25.0 Å². The van der Waals surface area contributed by atoms with E-state index in [1.807, 2.05) is 37.3 Å². The Hall–Kier alpha value is -2.75. The largest absolute Gasteiger partial charge is 0.494 e. The highest BCUT2D eigenvalue weighted by Crippen LogP contribution is 2.24. The molecule has 2 aromatic carbocycles. The second-order valence-corrected chi connectivity index (χ2v) is 5.63. The van der Waals surface area contributed by atoms with Gasteiger partial charge in [-0.05, 0) is 55.3 Å². The van der Waals surface area contributed by atoms with Crippen LogP contribution in [0, 0.1) is 0 Å². The predicted molar refractivity (Wildman–Crippen MR) is 95.5 cm³/mol. The summed E-state index contributed by atoms with van der Waals surface area (Å²) >= 11 is 0. The van der Waals surface area contributed by atoms with Gasteiger partial charge in [-0.3, -0.25) is 4.79 Å². The third kappa shape index (κ3) is 3.59. The van der Waals surface area contributed by atoms with Crippen molar-refractivity contribution in [3.8, 4) is 5.75 Å². The second-order valence-electron chi connectivity index (χ2n) is 5.63. The quantitative estimate of drug-likeness (QED) is 0.722. The maximum Gasteiger partial charge on any atom is 0.228 e. The molecule has 3 aromatic rings. The van der Waals surface area contributed by atoms with Crippen LogP contribution in [0.25, 0.3) is 11.0 Å². The molecule has 0 radical (unpaired) electrons. The number of hydrogen-bond donors (Lipinski definition) is 1. The summed E-state index contributed by atoms with van der Waals surface area (Å²) in [4.78, 5) is 12.3. The molecule has 0 spiro atoms. The molecule has 0 aliphatic rings. The van der Waals surface area contributed by atoms with E-state index in [0.29, 0.717) is 6.61 Å². The smallest absolute Gasteiger partial charge is 0.228 e. The molecule has 0 bridgehead atoms. The lowest BCUT2D eigenvalue weighted by Gasteiger charge is -2.07. The summed E-state index contributed by atoms with van der Waals surface area (Å²) in [5.41, 5.74) is 3.71. The third-order valence-corrected chi connectivity index (χ3v) is 3.93. The molecule has 1 N–H and O–H groups in total. The number of rotatable bonds is 6. The topological polar surface area (TPSA) is 51.5 Å². The summed E-state index contributed by atoms with van der Waals surface area (Å²) < 4.78 is 10.9. The van der Waals surface area contributed by atoms with Crippen LogP contribution in [0.2, 0.25) is 0 Å². The lowest BCUT2D eigenvalue weighted by Crippen LogP contribution is -2.14. The second kappa shape index (κ2) is 7.21. The molecule has 4 nitrogen and oxygen atoms in total. The molecule has 1 aromatic heterocycles. The minimum Gasteiger partial charge on any atom is -0.494 e. The normalized spacial score (nSPS) is 10.8. The molecule has 24 heavy (non-hydrogen) atoms. The van der Waals surface area contributed by atoms with Crippen molar-refractivity contribution in [1.29, 1.82) is 0 Å². The van der Waals surface area contributed by atoms with E-state index < -0.39 is 0 Å². The molecule has 3 rings (SSSR count). The molecule has 4 heteroatoms. The van der Waals surface area contributed by atoms with Crippen LogP contribution in [0.4, 0.5) is 5.69 Å². The first-order chi connectivity index (χ1) is 11.7. The van der Waals surface area contributed by atoms with Crippen molar-refractivity contribution in [3.05, 3.63) is 59.9 Å². The Morgan fingerprint density at radius 2 is 1.92 bits per heavy atom. The van der Waals surface area contributed by atoms with Gasteiger partial charge in [-0.2, -0.15) is 0 Å². The van der Waals surface area contributed by atoms with Crippen molar-refractivity contribution in [1.82, 2.24) is 0 Å². The standard InChI is InChI=1S/C20H21NO3/c1-3-14-5-10-19-18(11-14)15(13-24-19)12-20(22)21-16-6-8-17(9-7-16)23-4-2/h5-11,13H,3-4,12H2,1-2H3,(H,21,22). The number of ether oxygens (including phenoxy) is 1. The minimum absolute atomic E-state index is 0.0660. The molecule has 0 aliphatic heterocycles. The Balaban J connectivity index is 1.70. The number of benzene rings is 2. The Labute approximate surface area is 141 Å². The first-order valence-corrected chi connectivity index (χ1v) is 8.21. The number of anilines is 1.